The zero-order valence-electron chi connectivity index (χ0n) is 17.1. The third kappa shape index (κ3) is 11.5. The van der Waals surface area contributed by atoms with Gasteiger partial charge in [0.15, 0.2) is 0 Å². The molecule has 138 valence electrons. The molecule has 0 fully saturated rings. The Balaban J connectivity index is 4.22. The number of nitrogens with one attached hydrogen (secondary N) is 2. The van der Waals surface area contributed by atoms with Crippen molar-refractivity contribution in [1.82, 2.24) is 10.6 Å². The minimum Gasteiger partial charge on any atom is -0.375 e. The van der Waals surface area contributed by atoms with Crippen molar-refractivity contribution in [1.29, 1.82) is 0 Å². The lowest BCUT2D eigenvalue weighted by Gasteiger charge is -2.33. The highest BCUT2D eigenvalue weighted by Crippen LogP contribution is 2.20. The van der Waals surface area contributed by atoms with Gasteiger partial charge in [-0.1, -0.05) is 20.8 Å². The lowest BCUT2D eigenvalue weighted by Crippen LogP contribution is -2.49. The van der Waals surface area contributed by atoms with E-state index in [0.29, 0.717) is 6.61 Å². The van der Waals surface area contributed by atoms with Crippen LogP contribution in [0.3, 0.4) is 0 Å². The van der Waals surface area contributed by atoms with Crippen molar-refractivity contribution in [3.05, 3.63) is 0 Å². The Morgan fingerprint density at radius 3 is 1.83 bits per heavy atom. The summed E-state index contributed by atoms with van der Waals surface area (Å²) in [7, 11) is 0. The number of carbonyl (C=O) groups is 1. The predicted molar refractivity (Wildman–Crippen MR) is 98.7 cm³/mol. The van der Waals surface area contributed by atoms with Crippen LogP contribution in [0, 0.1) is 5.41 Å². The Labute approximate surface area is 144 Å². The Bertz CT molecular complexity index is 374. The number of hydrogen-bond acceptors (Lipinski definition) is 3. The zero-order chi connectivity index (χ0) is 18.5. The van der Waals surface area contributed by atoms with E-state index in [1.54, 1.807) is 0 Å². The summed E-state index contributed by atoms with van der Waals surface area (Å²) in [5, 5.41) is 6.60. The first-order valence-corrected chi connectivity index (χ1v) is 8.76. The summed E-state index contributed by atoms with van der Waals surface area (Å²) in [4.78, 5) is 12.1. The van der Waals surface area contributed by atoms with E-state index < -0.39 is 0 Å². The van der Waals surface area contributed by atoms with Crippen molar-refractivity contribution in [2.45, 2.75) is 98.8 Å². The molecule has 0 atom stereocenters. The molecule has 0 aliphatic heterocycles. The minimum atomic E-state index is -0.365. The minimum absolute atomic E-state index is 0.0798. The molecular weight excluding hydrogens is 288 g/mol. The van der Waals surface area contributed by atoms with Gasteiger partial charge in [-0.3, -0.25) is 4.79 Å². The second kappa shape index (κ2) is 7.98. The van der Waals surface area contributed by atoms with Gasteiger partial charge in [-0.25, -0.2) is 0 Å². The van der Waals surface area contributed by atoms with Gasteiger partial charge >= 0.3 is 0 Å². The van der Waals surface area contributed by atoms with Crippen LogP contribution >= 0.6 is 0 Å². The van der Waals surface area contributed by atoms with Gasteiger partial charge in [0, 0.05) is 23.1 Å². The molecule has 0 aromatic rings. The average Bonchev–Trinajstić information content (AvgIpc) is 2.23. The first kappa shape index (κ1) is 22.4. The number of hydrogen-bond donors (Lipinski definition) is 2. The van der Waals surface area contributed by atoms with E-state index in [0.717, 1.165) is 19.4 Å². The van der Waals surface area contributed by atoms with Gasteiger partial charge in [-0.15, -0.1) is 0 Å². The van der Waals surface area contributed by atoms with Crippen LogP contribution < -0.4 is 10.6 Å². The lowest BCUT2D eigenvalue weighted by atomic mass is 9.92. The van der Waals surface area contributed by atoms with Crippen LogP contribution in [0.2, 0.25) is 0 Å². The van der Waals surface area contributed by atoms with Gasteiger partial charge in [0.25, 0.3) is 0 Å². The molecule has 0 heterocycles. The van der Waals surface area contributed by atoms with Crippen molar-refractivity contribution in [2.75, 3.05) is 13.2 Å². The molecule has 4 heteroatoms. The summed E-state index contributed by atoms with van der Waals surface area (Å²) in [6.45, 7) is 22.2. The molecule has 4 nitrogen and oxygen atoms in total. The molecule has 0 saturated carbocycles. The Kier molecular flexibility index (Phi) is 7.76. The zero-order valence-corrected chi connectivity index (χ0v) is 17.1. The maximum absolute atomic E-state index is 12.1. The van der Waals surface area contributed by atoms with Gasteiger partial charge < -0.3 is 15.4 Å². The second-order valence-corrected chi connectivity index (χ2v) is 9.87. The largest absolute Gasteiger partial charge is 0.375 e. The quantitative estimate of drug-likeness (QED) is 0.710. The standard InChI is InChI=1S/C19H40N2O2/c1-16(2,3)15(22)21-18(7,8)12-14-23-19(9,10)11-13-20-17(4,5)6/h20H,11-14H2,1-10H3,(H,21,22). The third-order valence-corrected chi connectivity index (χ3v) is 3.74. The van der Waals surface area contributed by atoms with Crippen LogP contribution in [-0.4, -0.2) is 35.7 Å². The fourth-order valence-corrected chi connectivity index (χ4v) is 1.95. The number of rotatable bonds is 8. The molecule has 0 radical (unpaired) electrons. The van der Waals surface area contributed by atoms with Gasteiger partial charge in [0.1, 0.15) is 0 Å². The molecule has 0 aliphatic rings. The third-order valence-electron chi connectivity index (χ3n) is 3.74. The summed E-state index contributed by atoms with van der Waals surface area (Å²) in [5.41, 5.74) is -0.655. The van der Waals surface area contributed by atoms with Crippen molar-refractivity contribution in [3.63, 3.8) is 0 Å². The molecule has 0 rings (SSSR count). The van der Waals surface area contributed by atoms with Crippen molar-refractivity contribution < 1.29 is 9.53 Å². The normalized spacial score (nSPS) is 14.0. The molecule has 0 aromatic heterocycles. The van der Waals surface area contributed by atoms with E-state index in [1.807, 2.05) is 34.6 Å². The summed E-state index contributed by atoms with van der Waals surface area (Å²) >= 11 is 0. The maximum Gasteiger partial charge on any atom is 0.225 e. The van der Waals surface area contributed by atoms with Crippen molar-refractivity contribution >= 4 is 5.91 Å². The summed E-state index contributed by atoms with van der Waals surface area (Å²) in [6, 6.07) is 0. The predicted octanol–water partition coefficient (Wildman–Crippen LogP) is 3.89. The van der Waals surface area contributed by atoms with Crippen molar-refractivity contribution in [3.8, 4) is 0 Å². The molecule has 23 heavy (non-hydrogen) atoms. The smallest absolute Gasteiger partial charge is 0.225 e. The topological polar surface area (TPSA) is 50.4 Å². The van der Waals surface area contributed by atoms with E-state index in [9.17, 15) is 4.79 Å². The first-order valence-electron chi connectivity index (χ1n) is 8.76. The number of carbonyl (C=O) groups excluding carboxylic acids is 1. The van der Waals surface area contributed by atoms with Crippen LogP contribution in [0.1, 0.15) is 82.1 Å². The molecule has 0 bridgehead atoms. The molecule has 2 N–H and O–H groups in total. The fourth-order valence-electron chi connectivity index (χ4n) is 1.95. The molecule has 1 amide bonds. The molecule has 0 unspecified atom stereocenters. The molecule has 0 spiro atoms. The summed E-state index contributed by atoms with van der Waals surface area (Å²) in [6.07, 6.45) is 1.75. The van der Waals surface area contributed by atoms with Gasteiger partial charge in [-0.05, 0) is 67.9 Å². The highest BCUT2D eigenvalue weighted by Gasteiger charge is 2.28. The highest BCUT2D eigenvalue weighted by atomic mass is 16.5. The molecular formula is C19H40N2O2. The van der Waals surface area contributed by atoms with E-state index in [4.69, 9.17) is 4.74 Å². The first-order chi connectivity index (χ1) is 10.0. The van der Waals surface area contributed by atoms with E-state index in [2.05, 4.69) is 45.3 Å². The van der Waals surface area contributed by atoms with Crippen molar-refractivity contribution in [2.24, 2.45) is 5.41 Å². The monoisotopic (exact) mass is 328 g/mol. The Morgan fingerprint density at radius 1 is 0.870 bits per heavy atom. The van der Waals surface area contributed by atoms with E-state index >= 15 is 0 Å². The maximum atomic E-state index is 12.1. The van der Waals surface area contributed by atoms with E-state index in [-0.39, 0.29) is 28.0 Å². The number of amides is 1. The fraction of sp³-hybridized carbons (Fsp3) is 0.947. The van der Waals surface area contributed by atoms with Crippen LogP contribution in [0.4, 0.5) is 0 Å². The van der Waals surface area contributed by atoms with Gasteiger partial charge in [0.05, 0.1) is 5.60 Å². The van der Waals surface area contributed by atoms with Crippen LogP contribution in [0.5, 0.6) is 0 Å². The summed E-state index contributed by atoms with van der Waals surface area (Å²) in [5.74, 6) is 0.0798. The van der Waals surface area contributed by atoms with Crippen LogP contribution in [0.15, 0.2) is 0 Å². The highest BCUT2D eigenvalue weighted by molar-refractivity contribution is 5.81. The molecule has 0 saturated heterocycles. The van der Waals surface area contributed by atoms with Gasteiger partial charge in [-0.2, -0.15) is 0 Å². The van der Waals surface area contributed by atoms with E-state index in [1.165, 1.54) is 0 Å². The SMILES string of the molecule is CC(C)(C)NCCC(C)(C)OCCC(C)(C)NC(=O)C(C)(C)C. The summed E-state index contributed by atoms with van der Waals surface area (Å²) < 4.78 is 6.06. The average molecular weight is 329 g/mol. The molecule has 0 aromatic carbocycles. The molecule has 0 aliphatic carbocycles. The Morgan fingerprint density at radius 2 is 1.39 bits per heavy atom. The number of ether oxygens (including phenoxy) is 1. The van der Waals surface area contributed by atoms with Crippen LogP contribution in [-0.2, 0) is 9.53 Å². The lowest BCUT2D eigenvalue weighted by molar-refractivity contribution is -0.130. The van der Waals surface area contributed by atoms with Crippen LogP contribution in [0.25, 0.3) is 0 Å². The van der Waals surface area contributed by atoms with Gasteiger partial charge in [0.2, 0.25) is 5.91 Å². The Hall–Kier alpha value is -0.610. The second-order valence-electron chi connectivity index (χ2n) is 9.87.